The monoisotopic (exact) mass is 518 g/mol. The summed E-state index contributed by atoms with van der Waals surface area (Å²) < 4.78 is 0. The van der Waals surface area contributed by atoms with Crippen LogP contribution in [0.5, 0.6) is 0 Å². The number of nitrogens with two attached hydrogens (primary N) is 1. The van der Waals surface area contributed by atoms with Crippen molar-refractivity contribution in [3.63, 3.8) is 0 Å². The van der Waals surface area contributed by atoms with Gasteiger partial charge >= 0.3 is 0 Å². The molecule has 1 aliphatic heterocycles. The second-order valence-corrected chi connectivity index (χ2v) is 11.4. The second-order valence-electron chi connectivity index (χ2n) is 11.4. The van der Waals surface area contributed by atoms with Crippen molar-refractivity contribution in [1.82, 2.24) is 15.1 Å². The molecule has 6 nitrogen and oxygen atoms in total. The summed E-state index contributed by atoms with van der Waals surface area (Å²) in [6.45, 7) is 7.55. The molecule has 206 valence electrons. The molecule has 2 aromatic rings. The average Bonchev–Trinajstić information content (AvgIpc) is 2.95. The SMILES string of the molecule is CC(=O)N1CCC(N(CCc2ccccc2)Cc2ccccc2C)C[C@@H]1C(=O)NCC1CCCC(CN)C1. The summed E-state index contributed by atoms with van der Waals surface area (Å²) in [6.07, 6.45) is 7.12. The summed E-state index contributed by atoms with van der Waals surface area (Å²) >= 11 is 0. The minimum absolute atomic E-state index is 0.00123. The summed E-state index contributed by atoms with van der Waals surface area (Å²) in [4.78, 5) is 30.4. The van der Waals surface area contributed by atoms with Gasteiger partial charge in [-0.25, -0.2) is 0 Å². The van der Waals surface area contributed by atoms with E-state index >= 15 is 0 Å². The molecule has 3 unspecified atom stereocenters. The molecule has 0 bridgehead atoms. The van der Waals surface area contributed by atoms with Gasteiger partial charge in [0.05, 0.1) is 0 Å². The fourth-order valence-corrected chi connectivity index (χ4v) is 6.38. The van der Waals surface area contributed by atoms with Crippen LogP contribution >= 0.6 is 0 Å². The minimum Gasteiger partial charge on any atom is -0.354 e. The molecule has 38 heavy (non-hydrogen) atoms. The van der Waals surface area contributed by atoms with Crippen molar-refractivity contribution < 1.29 is 9.59 Å². The first-order chi connectivity index (χ1) is 18.4. The lowest BCUT2D eigenvalue weighted by Gasteiger charge is -2.43. The zero-order chi connectivity index (χ0) is 26.9. The Labute approximate surface area is 229 Å². The van der Waals surface area contributed by atoms with Gasteiger partial charge in [0.15, 0.2) is 0 Å². The van der Waals surface area contributed by atoms with Crippen LogP contribution in [0.1, 0.15) is 62.1 Å². The number of amides is 2. The van der Waals surface area contributed by atoms with E-state index in [0.717, 1.165) is 45.3 Å². The van der Waals surface area contributed by atoms with Crippen molar-refractivity contribution >= 4 is 11.8 Å². The van der Waals surface area contributed by atoms with Gasteiger partial charge < -0.3 is 16.0 Å². The van der Waals surface area contributed by atoms with Crippen molar-refractivity contribution in [1.29, 1.82) is 0 Å². The summed E-state index contributed by atoms with van der Waals surface area (Å²) in [5.41, 5.74) is 9.85. The highest BCUT2D eigenvalue weighted by atomic mass is 16.2. The predicted molar refractivity (Wildman–Crippen MR) is 153 cm³/mol. The lowest BCUT2D eigenvalue weighted by molar-refractivity contribution is -0.142. The number of carbonyl (C=O) groups excluding carboxylic acids is 2. The van der Waals surface area contributed by atoms with E-state index in [2.05, 4.69) is 71.7 Å². The maximum Gasteiger partial charge on any atom is 0.242 e. The van der Waals surface area contributed by atoms with Crippen LogP contribution in [-0.4, -0.2) is 59.9 Å². The number of rotatable bonds is 10. The van der Waals surface area contributed by atoms with Gasteiger partial charge in [-0.05, 0) is 80.5 Å². The number of aryl methyl sites for hydroxylation is 1. The Kier molecular flexibility index (Phi) is 10.4. The molecule has 1 saturated heterocycles. The molecular weight excluding hydrogens is 472 g/mol. The van der Waals surface area contributed by atoms with Crippen molar-refractivity contribution in [3.8, 4) is 0 Å². The summed E-state index contributed by atoms with van der Waals surface area (Å²) in [5.74, 6) is 1.03. The molecule has 4 rings (SSSR count). The van der Waals surface area contributed by atoms with Crippen LogP contribution in [0.15, 0.2) is 54.6 Å². The normalized spacial score (nSPS) is 23.8. The van der Waals surface area contributed by atoms with Crippen LogP contribution in [0.25, 0.3) is 0 Å². The number of benzene rings is 2. The van der Waals surface area contributed by atoms with Crippen molar-refractivity contribution in [2.75, 3.05) is 26.2 Å². The van der Waals surface area contributed by atoms with E-state index in [4.69, 9.17) is 5.73 Å². The maximum absolute atomic E-state index is 13.5. The predicted octanol–water partition coefficient (Wildman–Crippen LogP) is 4.30. The van der Waals surface area contributed by atoms with Crippen LogP contribution in [0, 0.1) is 18.8 Å². The van der Waals surface area contributed by atoms with Crippen molar-refractivity contribution in [2.24, 2.45) is 17.6 Å². The van der Waals surface area contributed by atoms with Gasteiger partial charge in [-0.1, -0.05) is 61.0 Å². The van der Waals surface area contributed by atoms with E-state index in [1.807, 2.05) is 0 Å². The fraction of sp³-hybridized carbons (Fsp3) is 0.562. The number of nitrogens with zero attached hydrogens (tertiary/aromatic N) is 2. The van der Waals surface area contributed by atoms with Crippen LogP contribution in [-0.2, 0) is 22.6 Å². The molecule has 4 atom stereocenters. The quantitative estimate of drug-likeness (QED) is 0.492. The van der Waals surface area contributed by atoms with Gasteiger partial charge in [0.25, 0.3) is 0 Å². The Hall–Kier alpha value is -2.70. The average molecular weight is 519 g/mol. The summed E-state index contributed by atoms with van der Waals surface area (Å²) in [5, 5.41) is 3.24. The Balaban J connectivity index is 1.46. The topological polar surface area (TPSA) is 78.7 Å². The molecule has 2 amide bonds. The van der Waals surface area contributed by atoms with Gasteiger partial charge in [0.2, 0.25) is 11.8 Å². The first-order valence-corrected chi connectivity index (χ1v) is 14.5. The maximum atomic E-state index is 13.5. The van der Waals surface area contributed by atoms with Gasteiger partial charge in [0, 0.05) is 39.1 Å². The molecule has 1 saturated carbocycles. The lowest BCUT2D eigenvalue weighted by Crippen LogP contribution is -2.57. The van der Waals surface area contributed by atoms with E-state index < -0.39 is 6.04 Å². The highest BCUT2D eigenvalue weighted by Gasteiger charge is 2.37. The van der Waals surface area contributed by atoms with E-state index in [0.29, 0.717) is 31.3 Å². The van der Waals surface area contributed by atoms with Crippen molar-refractivity contribution in [2.45, 2.75) is 77.4 Å². The third-order valence-corrected chi connectivity index (χ3v) is 8.75. The molecule has 2 fully saturated rings. The van der Waals surface area contributed by atoms with Gasteiger partial charge in [-0.2, -0.15) is 0 Å². The zero-order valence-electron chi connectivity index (χ0n) is 23.3. The number of likely N-dealkylation sites (tertiary alicyclic amines) is 1. The number of carbonyl (C=O) groups is 2. The molecule has 0 aromatic heterocycles. The highest BCUT2D eigenvalue weighted by molar-refractivity contribution is 5.87. The summed E-state index contributed by atoms with van der Waals surface area (Å²) in [6, 6.07) is 19.0. The Morgan fingerprint density at radius 2 is 1.74 bits per heavy atom. The third kappa shape index (κ3) is 7.67. The highest BCUT2D eigenvalue weighted by Crippen LogP contribution is 2.29. The molecular formula is C32H46N4O2. The molecule has 2 aliphatic rings. The molecule has 0 radical (unpaired) electrons. The fourth-order valence-electron chi connectivity index (χ4n) is 6.38. The van der Waals surface area contributed by atoms with Gasteiger partial charge in [-0.3, -0.25) is 14.5 Å². The van der Waals surface area contributed by atoms with E-state index in [1.165, 1.54) is 29.5 Å². The number of nitrogens with one attached hydrogen (secondary N) is 1. The smallest absolute Gasteiger partial charge is 0.242 e. The Morgan fingerprint density at radius 1 is 1.00 bits per heavy atom. The molecule has 1 aliphatic carbocycles. The molecule has 2 aromatic carbocycles. The minimum atomic E-state index is -0.420. The lowest BCUT2D eigenvalue weighted by atomic mass is 9.81. The van der Waals surface area contributed by atoms with Crippen molar-refractivity contribution in [3.05, 3.63) is 71.3 Å². The molecule has 1 heterocycles. The molecule has 3 N–H and O–H groups in total. The van der Waals surface area contributed by atoms with Crippen LogP contribution < -0.4 is 11.1 Å². The zero-order valence-corrected chi connectivity index (χ0v) is 23.3. The molecule has 0 spiro atoms. The number of hydrogen-bond donors (Lipinski definition) is 2. The number of piperidine rings is 1. The Morgan fingerprint density at radius 3 is 2.47 bits per heavy atom. The van der Waals surface area contributed by atoms with Gasteiger partial charge in [-0.15, -0.1) is 0 Å². The van der Waals surface area contributed by atoms with E-state index in [1.54, 1.807) is 11.8 Å². The third-order valence-electron chi connectivity index (χ3n) is 8.75. The van der Waals surface area contributed by atoms with E-state index in [-0.39, 0.29) is 17.9 Å². The van der Waals surface area contributed by atoms with Gasteiger partial charge in [0.1, 0.15) is 6.04 Å². The first kappa shape index (κ1) is 28.3. The second kappa shape index (κ2) is 13.9. The molecule has 6 heteroatoms. The summed E-state index contributed by atoms with van der Waals surface area (Å²) in [7, 11) is 0. The largest absolute Gasteiger partial charge is 0.354 e. The van der Waals surface area contributed by atoms with Crippen LogP contribution in [0.4, 0.5) is 0 Å². The first-order valence-electron chi connectivity index (χ1n) is 14.5. The standard InChI is InChI=1S/C32H46N4O2/c1-24-9-6-7-14-29(24)23-35(17-15-26-10-4-3-5-11-26)30-16-18-36(25(2)37)31(20-30)32(38)34-22-28-13-8-12-27(19-28)21-33/h3-7,9-11,14,27-28,30-31H,8,12-13,15-23,33H2,1-2H3,(H,34,38)/t27?,28?,30?,31-/m1/s1. The van der Waals surface area contributed by atoms with Crippen LogP contribution in [0.3, 0.4) is 0 Å². The number of hydrogen-bond acceptors (Lipinski definition) is 4. The van der Waals surface area contributed by atoms with Crippen LogP contribution in [0.2, 0.25) is 0 Å². The van der Waals surface area contributed by atoms with E-state index in [9.17, 15) is 9.59 Å². The Bertz CT molecular complexity index is 1040.